The molecule has 0 amide bonds. The fourth-order valence-electron chi connectivity index (χ4n) is 3.63. The van der Waals surface area contributed by atoms with Gasteiger partial charge in [-0.15, -0.1) is 13.2 Å². The maximum Gasteiger partial charge on any atom is 0.0747 e. The molecule has 0 aliphatic carbocycles. The normalized spacial score (nSPS) is 10.9. The number of pyridine rings is 1. The molecule has 0 fully saturated rings. The first-order valence-electron chi connectivity index (χ1n) is 8.93. The summed E-state index contributed by atoms with van der Waals surface area (Å²) in [7, 11) is 0. The molecule has 0 atom stereocenters. The minimum absolute atomic E-state index is 0.795. The van der Waals surface area contributed by atoms with Crippen LogP contribution in [0.1, 0.15) is 11.1 Å². The van der Waals surface area contributed by atoms with E-state index in [-0.39, 0.29) is 0 Å². The molecular weight excluding hydrogens is 314 g/mol. The van der Waals surface area contributed by atoms with E-state index in [4.69, 9.17) is 4.98 Å². The van der Waals surface area contributed by atoms with E-state index >= 15 is 0 Å². The maximum atomic E-state index is 5.07. The zero-order valence-electron chi connectivity index (χ0n) is 14.8. The second kappa shape index (κ2) is 6.97. The summed E-state index contributed by atoms with van der Waals surface area (Å²) in [6, 6.07) is 23.3. The summed E-state index contributed by atoms with van der Waals surface area (Å²) in [5.41, 5.74) is 5.77. The molecule has 0 spiro atoms. The van der Waals surface area contributed by atoms with Crippen LogP contribution in [0, 0.1) is 0 Å². The van der Waals surface area contributed by atoms with Crippen LogP contribution in [-0.2, 0) is 12.8 Å². The van der Waals surface area contributed by atoms with Gasteiger partial charge in [0.2, 0.25) is 0 Å². The van der Waals surface area contributed by atoms with Crippen LogP contribution in [0.15, 0.2) is 92.0 Å². The minimum Gasteiger partial charge on any atom is -0.247 e. The highest BCUT2D eigenvalue weighted by molar-refractivity contribution is 5.99. The smallest absolute Gasteiger partial charge is 0.0747 e. The molecule has 1 heterocycles. The average Bonchev–Trinajstić information content (AvgIpc) is 2.69. The van der Waals surface area contributed by atoms with Gasteiger partial charge in [0.05, 0.1) is 11.2 Å². The Morgan fingerprint density at radius 2 is 1.35 bits per heavy atom. The fraction of sp³-hybridized carbons (Fsp3) is 0.0800. The van der Waals surface area contributed by atoms with E-state index in [0.29, 0.717) is 0 Å². The molecule has 0 saturated carbocycles. The number of hydrogen-bond donors (Lipinski definition) is 0. The van der Waals surface area contributed by atoms with Gasteiger partial charge >= 0.3 is 0 Å². The number of aromatic nitrogens is 1. The lowest BCUT2D eigenvalue weighted by Gasteiger charge is -2.16. The van der Waals surface area contributed by atoms with Gasteiger partial charge in [0.1, 0.15) is 0 Å². The Bertz CT molecular complexity index is 1110. The first kappa shape index (κ1) is 16.3. The Kier molecular flexibility index (Phi) is 4.37. The lowest BCUT2D eigenvalue weighted by molar-refractivity contribution is 1.14. The zero-order chi connectivity index (χ0) is 17.9. The molecule has 0 aliphatic heterocycles. The van der Waals surface area contributed by atoms with E-state index < -0.39 is 0 Å². The molecule has 0 unspecified atom stereocenters. The lowest BCUT2D eigenvalue weighted by atomic mass is 9.92. The summed E-state index contributed by atoms with van der Waals surface area (Å²) in [4.78, 5) is 5.07. The number of benzene rings is 3. The van der Waals surface area contributed by atoms with Crippen LogP contribution >= 0.6 is 0 Å². The van der Waals surface area contributed by atoms with Crippen LogP contribution in [0.3, 0.4) is 0 Å². The van der Waals surface area contributed by atoms with Crippen LogP contribution in [0.4, 0.5) is 0 Å². The summed E-state index contributed by atoms with van der Waals surface area (Å²) < 4.78 is 0. The summed E-state index contributed by atoms with van der Waals surface area (Å²) in [5, 5.41) is 3.66. The van der Waals surface area contributed by atoms with Gasteiger partial charge in [0.15, 0.2) is 0 Å². The van der Waals surface area contributed by atoms with Crippen molar-refractivity contribution < 1.29 is 0 Å². The SMILES string of the molecule is C=CCc1c(-c2ccccc2)nc2cc3ccccc3cc2c1CC=C. The van der Waals surface area contributed by atoms with E-state index in [1.807, 2.05) is 18.2 Å². The number of fused-ring (bicyclic) bond motifs is 2. The Hall–Kier alpha value is -3.19. The summed E-state index contributed by atoms with van der Waals surface area (Å²) >= 11 is 0. The molecular formula is C25H21N. The Labute approximate surface area is 154 Å². The van der Waals surface area contributed by atoms with Crippen molar-refractivity contribution in [2.75, 3.05) is 0 Å². The van der Waals surface area contributed by atoms with Crippen molar-refractivity contribution in [3.05, 3.63) is 103 Å². The van der Waals surface area contributed by atoms with Crippen molar-refractivity contribution in [3.8, 4) is 11.3 Å². The third-order valence-corrected chi connectivity index (χ3v) is 4.82. The van der Waals surface area contributed by atoms with Gasteiger partial charge in [-0.25, -0.2) is 4.98 Å². The summed E-state index contributed by atoms with van der Waals surface area (Å²) in [5.74, 6) is 0. The lowest BCUT2D eigenvalue weighted by Crippen LogP contribution is -2.01. The standard InChI is InChI=1S/C25H21N/c1-3-10-21-22(11-4-2)25(18-12-6-5-7-13-18)26-24-17-20-15-9-8-14-19(20)16-23(21)24/h3-9,12-17H,1-2,10-11H2. The molecule has 1 heteroatoms. The highest BCUT2D eigenvalue weighted by atomic mass is 14.7. The van der Waals surface area contributed by atoms with Gasteiger partial charge in [-0.1, -0.05) is 66.7 Å². The van der Waals surface area contributed by atoms with Crippen molar-refractivity contribution in [1.29, 1.82) is 0 Å². The molecule has 0 N–H and O–H groups in total. The monoisotopic (exact) mass is 335 g/mol. The molecule has 0 bridgehead atoms. The zero-order valence-corrected chi connectivity index (χ0v) is 14.8. The van der Waals surface area contributed by atoms with Crippen LogP contribution < -0.4 is 0 Å². The van der Waals surface area contributed by atoms with Gasteiger partial charge in [0.25, 0.3) is 0 Å². The van der Waals surface area contributed by atoms with E-state index in [1.165, 1.54) is 27.3 Å². The largest absolute Gasteiger partial charge is 0.247 e. The van der Waals surface area contributed by atoms with Crippen molar-refractivity contribution in [3.63, 3.8) is 0 Å². The van der Waals surface area contributed by atoms with Crippen LogP contribution in [0.25, 0.3) is 32.9 Å². The van der Waals surface area contributed by atoms with Crippen molar-refractivity contribution in [2.24, 2.45) is 0 Å². The van der Waals surface area contributed by atoms with Gasteiger partial charge in [-0.2, -0.15) is 0 Å². The van der Waals surface area contributed by atoms with E-state index in [0.717, 1.165) is 29.6 Å². The van der Waals surface area contributed by atoms with Gasteiger partial charge < -0.3 is 0 Å². The molecule has 26 heavy (non-hydrogen) atoms. The number of hydrogen-bond acceptors (Lipinski definition) is 1. The second-order valence-electron chi connectivity index (χ2n) is 6.49. The first-order valence-corrected chi connectivity index (χ1v) is 8.93. The molecule has 0 radical (unpaired) electrons. The highest BCUT2D eigenvalue weighted by Crippen LogP contribution is 2.33. The molecule has 3 aromatic carbocycles. The third kappa shape index (κ3) is 2.82. The quantitative estimate of drug-likeness (QED) is 0.299. The molecule has 0 aliphatic rings. The Morgan fingerprint density at radius 3 is 2.04 bits per heavy atom. The van der Waals surface area contributed by atoms with Crippen LogP contribution in [0.2, 0.25) is 0 Å². The van der Waals surface area contributed by atoms with E-state index in [1.54, 1.807) is 0 Å². The molecule has 1 aromatic heterocycles. The van der Waals surface area contributed by atoms with E-state index in [2.05, 4.69) is 73.8 Å². The highest BCUT2D eigenvalue weighted by Gasteiger charge is 2.15. The maximum absolute atomic E-state index is 5.07. The number of allylic oxidation sites excluding steroid dienone is 2. The topological polar surface area (TPSA) is 12.9 Å². The summed E-state index contributed by atoms with van der Waals surface area (Å²) in [6.07, 6.45) is 5.55. The predicted molar refractivity (Wildman–Crippen MR) is 112 cm³/mol. The predicted octanol–water partition coefficient (Wildman–Crippen LogP) is 6.51. The van der Waals surface area contributed by atoms with Crippen molar-refractivity contribution in [2.45, 2.75) is 12.8 Å². The van der Waals surface area contributed by atoms with E-state index in [9.17, 15) is 0 Å². The fourth-order valence-corrected chi connectivity index (χ4v) is 3.63. The molecule has 4 aromatic rings. The second-order valence-corrected chi connectivity index (χ2v) is 6.49. The van der Waals surface area contributed by atoms with Crippen LogP contribution in [0.5, 0.6) is 0 Å². The average molecular weight is 335 g/mol. The van der Waals surface area contributed by atoms with Crippen molar-refractivity contribution >= 4 is 21.7 Å². The van der Waals surface area contributed by atoms with Gasteiger partial charge in [-0.05, 0) is 46.9 Å². The third-order valence-electron chi connectivity index (χ3n) is 4.82. The first-order chi connectivity index (χ1) is 12.8. The Balaban J connectivity index is 2.12. The van der Waals surface area contributed by atoms with Crippen molar-refractivity contribution in [1.82, 2.24) is 4.98 Å². The molecule has 126 valence electrons. The summed E-state index contributed by atoms with van der Waals surface area (Å²) in [6.45, 7) is 7.95. The number of rotatable bonds is 5. The molecule has 1 nitrogen and oxygen atoms in total. The molecule has 4 rings (SSSR count). The van der Waals surface area contributed by atoms with Crippen LogP contribution in [-0.4, -0.2) is 4.98 Å². The minimum atomic E-state index is 0.795. The molecule has 0 saturated heterocycles. The Morgan fingerprint density at radius 1 is 0.731 bits per heavy atom. The van der Waals surface area contributed by atoms with Gasteiger partial charge in [0, 0.05) is 10.9 Å². The van der Waals surface area contributed by atoms with Gasteiger partial charge in [-0.3, -0.25) is 0 Å². The number of nitrogens with zero attached hydrogens (tertiary/aromatic N) is 1.